The minimum Gasteiger partial charge on any atom is -0.126 e. The minimum absolute atomic E-state index is 0.573. The molecule has 1 heteroatoms. The van der Waals surface area contributed by atoms with Crippen LogP contribution in [0.25, 0.3) is 0 Å². The van der Waals surface area contributed by atoms with Gasteiger partial charge < -0.3 is 0 Å². The summed E-state index contributed by atoms with van der Waals surface area (Å²) in [6.07, 6.45) is 2.98. The molecule has 0 radical (unpaired) electrons. The normalized spacial score (nSPS) is 61.9. The van der Waals surface area contributed by atoms with Crippen molar-refractivity contribution in [2.45, 2.75) is 26.7 Å². The summed E-state index contributed by atoms with van der Waals surface area (Å²) in [4.78, 5) is 0. The molecule has 0 N–H and O–H groups in total. The van der Waals surface area contributed by atoms with Gasteiger partial charge in [-0.05, 0) is 41.4 Å². The molecule has 0 spiro atoms. The average Bonchev–Trinajstić information content (AvgIpc) is 2.26. The highest BCUT2D eigenvalue weighted by atomic mass is 35.5. The summed E-state index contributed by atoms with van der Waals surface area (Å²) < 4.78 is 0. The summed E-state index contributed by atoms with van der Waals surface area (Å²) >= 11 is 6.10. The molecule has 4 bridgehead atoms. The maximum Gasteiger partial charge on any atom is 0.0290 e. The van der Waals surface area contributed by atoms with E-state index in [1.165, 1.54) is 12.8 Å². The minimum atomic E-state index is 0.573. The molecule has 11 heavy (non-hydrogen) atoms. The van der Waals surface area contributed by atoms with Gasteiger partial charge in [0.25, 0.3) is 0 Å². The van der Waals surface area contributed by atoms with Gasteiger partial charge in [0.2, 0.25) is 0 Å². The number of rotatable bonds is 1. The Hall–Kier alpha value is 0.290. The van der Waals surface area contributed by atoms with E-state index in [1.807, 2.05) is 0 Å². The first-order valence-electron chi connectivity index (χ1n) is 4.70. The zero-order valence-corrected chi connectivity index (χ0v) is 7.99. The molecule has 4 fully saturated rings. The molecule has 0 amide bonds. The molecule has 4 aliphatic rings. The standard InChI is InChI=1S/C10H15Cl/c1-9(2)6-3-7-8(4-6)10(7,9)5-11/h6-8H,3-5H2,1-2H3. The topological polar surface area (TPSA) is 0 Å². The first-order valence-corrected chi connectivity index (χ1v) is 5.24. The van der Waals surface area contributed by atoms with Crippen molar-refractivity contribution in [3.8, 4) is 0 Å². The second-order valence-electron chi connectivity index (χ2n) is 5.28. The molecule has 0 heterocycles. The second-order valence-corrected chi connectivity index (χ2v) is 5.54. The number of halogens is 1. The molecule has 4 saturated carbocycles. The first-order chi connectivity index (χ1) is 5.14. The van der Waals surface area contributed by atoms with Gasteiger partial charge in [-0.1, -0.05) is 13.8 Å². The molecule has 0 aromatic carbocycles. The zero-order valence-electron chi connectivity index (χ0n) is 7.23. The third-order valence-corrected chi connectivity index (χ3v) is 5.66. The van der Waals surface area contributed by atoms with E-state index in [0.717, 1.165) is 23.6 Å². The lowest BCUT2D eigenvalue weighted by molar-refractivity contribution is 0.202. The summed E-state index contributed by atoms with van der Waals surface area (Å²) in [6, 6.07) is 0. The van der Waals surface area contributed by atoms with Gasteiger partial charge in [0, 0.05) is 5.88 Å². The predicted molar refractivity (Wildman–Crippen MR) is 46.6 cm³/mol. The molecule has 0 nitrogen and oxygen atoms in total. The molecule has 0 aliphatic heterocycles. The van der Waals surface area contributed by atoms with Crippen LogP contribution in [0.15, 0.2) is 0 Å². The largest absolute Gasteiger partial charge is 0.126 e. The van der Waals surface area contributed by atoms with E-state index in [9.17, 15) is 0 Å². The molecule has 2 unspecified atom stereocenters. The van der Waals surface area contributed by atoms with Crippen molar-refractivity contribution in [1.82, 2.24) is 0 Å². The Morgan fingerprint density at radius 3 is 2.00 bits per heavy atom. The SMILES string of the molecule is CC1(C)C2CC3C(C2)C31CCl. The van der Waals surface area contributed by atoms with Gasteiger partial charge in [-0.25, -0.2) is 0 Å². The fraction of sp³-hybridized carbons (Fsp3) is 1.00. The lowest BCUT2D eigenvalue weighted by Gasteiger charge is -2.30. The molecule has 4 rings (SSSR count). The van der Waals surface area contributed by atoms with Crippen LogP contribution in [0.5, 0.6) is 0 Å². The van der Waals surface area contributed by atoms with Crippen LogP contribution in [0.3, 0.4) is 0 Å². The molecule has 62 valence electrons. The Morgan fingerprint density at radius 1 is 1.27 bits per heavy atom. The maximum atomic E-state index is 6.10. The molecule has 0 aromatic rings. The highest BCUT2D eigenvalue weighted by molar-refractivity contribution is 6.18. The van der Waals surface area contributed by atoms with E-state index >= 15 is 0 Å². The van der Waals surface area contributed by atoms with Crippen LogP contribution in [-0.4, -0.2) is 5.88 Å². The molecular formula is C10H15Cl. The Kier molecular flexibility index (Phi) is 0.926. The highest BCUT2D eigenvalue weighted by Gasteiger charge is 2.81. The molecule has 0 saturated heterocycles. The van der Waals surface area contributed by atoms with Gasteiger partial charge in [0.05, 0.1) is 0 Å². The number of alkyl halides is 1. The molecule has 2 atom stereocenters. The van der Waals surface area contributed by atoms with Crippen LogP contribution in [0.4, 0.5) is 0 Å². The lowest BCUT2D eigenvalue weighted by atomic mass is 9.76. The van der Waals surface area contributed by atoms with Crippen LogP contribution in [0.2, 0.25) is 0 Å². The first kappa shape index (κ1) is 6.77. The molecule has 0 aromatic heterocycles. The summed E-state index contributed by atoms with van der Waals surface area (Å²) in [5.41, 5.74) is 1.17. The third-order valence-electron chi connectivity index (χ3n) is 5.22. The van der Waals surface area contributed by atoms with Gasteiger partial charge in [-0.15, -0.1) is 11.6 Å². The Balaban J connectivity index is 2.10. The third kappa shape index (κ3) is 0.436. The van der Waals surface area contributed by atoms with E-state index in [0.29, 0.717) is 10.8 Å². The number of hydrogen-bond donors (Lipinski definition) is 0. The van der Waals surface area contributed by atoms with Crippen molar-refractivity contribution in [3.05, 3.63) is 0 Å². The Labute approximate surface area is 73.3 Å². The summed E-state index contributed by atoms with van der Waals surface area (Å²) in [6.45, 7) is 4.88. The fourth-order valence-electron chi connectivity index (χ4n) is 4.36. The smallest absolute Gasteiger partial charge is 0.0290 e. The van der Waals surface area contributed by atoms with Gasteiger partial charge in [0.15, 0.2) is 0 Å². The summed E-state index contributed by atoms with van der Waals surface area (Å²) in [5, 5.41) is 0. The summed E-state index contributed by atoms with van der Waals surface area (Å²) in [5.74, 6) is 3.99. The summed E-state index contributed by atoms with van der Waals surface area (Å²) in [7, 11) is 0. The average molecular weight is 171 g/mol. The van der Waals surface area contributed by atoms with Crippen molar-refractivity contribution in [2.24, 2.45) is 28.6 Å². The number of hydrogen-bond acceptors (Lipinski definition) is 0. The van der Waals surface area contributed by atoms with Gasteiger partial charge >= 0.3 is 0 Å². The van der Waals surface area contributed by atoms with Crippen molar-refractivity contribution < 1.29 is 0 Å². The van der Waals surface area contributed by atoms with Crippen LogP contribution in [0, 0.1) is 28.6 Å². The highest BCUT2D eigenvalue weighted by Crippen LogP contribution is 2.86. The van der Waals surface area contributed by atoms with Crippen LogP contribution in [-0.2, 0) is 0 Å². The lowest BCUT2D eigenvalue weighted by Crippen LogP contribution is -2.26. The monoisotopic (exact) mass is 170 g/mol. The van der Waals surface area contributed by atoms with Crippen molar-refractivity contribution in [1.29, 1.82) is 0 Å². The van der Waals surface area contributed by atoms with E-state index in [-0.39, 0.29) is 0 Å². The van der Waals surface area contributed by atoms with Crippen LogP contribution in [0.1, 0.15) is 26.7 Å². The molecular weight excluding hydrogens is 156 g/mol. The van der Waals surface area contributed by atoms with E-state index < -0.39 is 0 Å². The maximum absolute atomic E-state index is 6.10. The van der Waals surface area contributed by atoms with Gasteiger partial charge in [-0.3, -0.25) is 0 Å². The molecule has 4 aliphatic carbocycles. The Morgan fingerprint density at radius 2 is 1.82 bits per heavy atom. The van der Waals surface area contributed by atoms with Crippen LogP contribution < -0.4 is 0 Å². The van der Waals surface area contributed by atoms with Gasteiger partial charge in [-0.2, -0.15) is 0 Å². The van der Waals surface area contributed by atoms with Gasteiger partial charge in [0.1, 0.15) is 0 Å². The predicted octanol–water partition coefficient (Wildman–Crippen LogP) is 2.91. The fourth-order valence-corrected chi connectivity index (χ4v) is 5.10. The zero-order chi connectivity index (χ0) is 7.85. The van der Waals surface area contributed by atoms with Crippen molar-refractivity contribution in [2.75, 3.05) is 5.88 Å². The quantitative estimate of drug-likeness (QED) is 0.531. The van der Waals surface area contributed by atoms with E-state index in [1.54, 1.807) is 0 Å². The van der Waals surface area contributed by atoms with Crippen LogP contribution >= 0.6 is 11.6 Å². The van der Waals surface area contributed by atoms with Crippen molar-refractivity contribution in [3.63, 3.8) is 0 Å². The van der Waals surface area contributed by atoms with E-state index in [2.05, 4.69) is 13.8 Å². The van der Waals surface area contributed by atoms with Crippen molar-refractivity contribution >= 4 is 11.6 Å². The second kappa shape index (κ2) is 1.51. The van der Waals surface area contributed by atoms with E-state index in [4.69, 9.17) is 11.6 Å². The Bertz CT molecular complexity index is 207.